The van der Waals surface area contributed by atoms with Gasteiger partial charge >= 0.3 is 0 Å². The lowest BCUT2D eigenvalue weighted by atomic mass is 10.2. The highest BCUT2D eigenvalue weighted by Crippen LogP contribution is 2.33. The zero-order valence-corrected chi connectivity index (χ0v) is 15.7. The third-order valence-corrected chi connectivity index (χ3v) is 7.36. The lowest BCUT2D eigenvalue weighted by Crippen LogP contribution is -2.45. The maximum Gasteiger partial charge on any atom is 0.244 e. The van der Waals surface area contributed by atoms with Gasteiger partial charge in [0.25, 0.3) is 0 Å². The van der Waals surface area contributed by atoms with E-state index in [0.29, 0.717) is 29.4 Å². The molecule has 1 aliphatic heterocycles. The SMILES string of the molecule is CC(=O)N(CC1CCCN1S(=O)(=O)c1cccc2cnccc12)C1CC1. The number of aromatic nitrogens is 1. The molecule has 1 amide bonds. The number of hydrogen-bond acceptors (Lipinski definition) is 4. The highest BCUT2D eigenvalue weighted by atomic mass is 32.2. The Morgan fingerprint density at radius 3 is 2.81 bits per heavy atom. The van der Waals surface area contributed by atoms with Crippen LogP contribution in [-0.4, -0.2) is 53.7 Å². The molecule has 1 aliphatic carbocycles. The van der Waals surface area contributed by atoms with Gasteiger partial charge in [-0.15, -0.1) is 0 Å². The van der Waals surface area contributed by atoms with Crippen molar-refractivity contribution in [3.05, 3.63) is 36.7 Å². The molecule has 4 rings (SSSR count). The highest BCUT2D eigenvalue weighted by Gasteiger charge is 2.40. The Bertz CT molecular complexity index is 935. The van der Waals surface area contributed by atoms with Crippen molar-refractivity contribution in [2.24, 2.45) is 0 Å². The lowest BCUT2D eigenvalue weighted by Gasteiger charge is -2.30. The largest absolute Gasteiger partial charge is 0.338 e. The van der Waals surface area contributed by atoms with Crippen molar-refractivity contribution < 1.29 is 13.2 Å². The van der Waals surface area contributed by atoms with Gasteiger partial charge in [-0.2, -0.15) is 4.31 Å². The molecule has 2 fully saturated rings. The molecular formula is C19H23N3O3S. The molecule has 0 radical (unpaired) electrons. The monoisotopic (exact) mass is 373 g/mol. The van der Waals surface area contributed by atoms with E-state index in [1.54, 1.807) is 41.8 Å². The van der Waals surface area contributed by atoms with Gasteiger partial charge in [0.05, 0.1) is 4.90 Å². The van der Waals surface area contributed by atoms with Crippen molar-refractivity contribution in [1.29, 1.82) is 0 Å². The first-order valence-electron chi connectivity index (χ1n) is 9.10. The van der Waals surface area contributed by atoms with Gasteiger partial charge in [-0.25, -0.2) is 8.42 Å². The molecule has 1 aromatic heterocycles. The van der Waals surface area contributed by atoms with Gasteiger partial charge in [0.1, 0.15) is 0 Å². The van der Waals surface area contributed by atoms with Gasteiger partial charge in [0, 0.05) is 55.3 Å². The Hall–Kier alpha value is -1.99. The van der Waals surface area contributed by atoms with Gasteiger partial charge in [0.2, 0.25) is 15.9 Å². The van der Waals surface area contributed by atoms with E-state index in [1.165, 1.54) is 0 Å². The van der Waals surface area contributed by atoms with Crippen LogP contribution in [0.1, 0.15) is 32.6 Å². The topological polar surface area (TPSA) is 70.6 Å². The molecule has 7 heteroatoms. The van der Waals surface area contributed by atoms with Crippen LogP contribution in [0.2, 0.25) is 0 Å². The first kappa shape index (κ1) is 17.4. The molecule has 1 saturated carbocycles. The van der Waals surface area contributed by atoms with E-state index >= 15 is 0 Å². The smallest absolute Gasteiger partial charge is 0.244 e. The summed E-state index contributed by atoms with van der Waals surface area (Å²) in [6, 6.07) is 7.18. The molecule has 1 unspecified atom stereocenters. The summed E-state index contributed by atoms with van der Waals surface area (Å²) in [5, 5.41) is 1.51. The molecular weight excluding hydrogens is 350 g/mol. The summed E-state index contributed by atoms with van der Waals surface area (Å²) in [7, 11) is -3.62. The van der Waals surface area contributed by atoms with Gasteiger partial charge in [-0.1, -0.05) is 12.1 Å². The number of rotatable bonds is 5. The predicted octanol–water partition coefficient (Wildman–Crippen LogP) is 2.40. The van der Waals surface area contributed by atoms with E-state index in [1.807, 2.05) is 11.0 Å². The summed E-state index contributed by atoms with van der Waals surface area (Å²) in [6.07, 6.45) is 6.97. The van der Waals surface area contributed by atoms with E-state index in [4.69, 9.17) is 0 Å². The number of sulfonamides is 1. The number of hydrogen-bond donors (Lipinski definition) is 0. The molecule has 1 saturated heterocycles. The zero-order valence-electron chi connectivity index (χ0n) is 14.8. The molecule has 2 aliphatic rings. The molecule has 2 heterocycles. The summed E-state index contributed by atoms with van der Waals surface area (Å²) in [4.78, 5) is 18.2. The molecule has 1 atom stereocenters. The second-order valence-corrected chi connectivity index (χ2v) is 9.03. The number of pyridine rings is 1. The van der Waals surface area contributed by atoms with Crippen molar-refractivity contribution in [1.82, 2.24) is 14.2 Å². The third-order valence-electron chi connectivity index (χ3n) is 5.35. The summed E-state index contributed by atoms with van der Waals surface area (Å²) in [6.45, 7) is 2.57. The maximum absolute atomic E-state index is 13.4. The Morgan fingerprint density at radius 2 is 2.08 bits per heavy atom. The van der Waals surface area contributed by atoms with Crippen molar-refractivity contribution in [3.8, 4) is 0 Å². The number of carbonyl (C=O) groups excluding carboxylic acids is 1. The standard InChI is InChI=1S/C19H23N3O3S/c1-14(23)21(16-7-8-16)13-17-5-3-11-22(17)26(24,25)19-6-2-4-15-12-20-10-9-18(15)19/h2,4,6,9-10,12,16-17H,3,5,7-8,11,13H2,1H3. The number of amides is 1. The Balaban J connectivity index is 1.67. The predicted molar refractivity (Wildman–Crippen MR) is 99.1 cm³/mol. The average Bonchev–Trinajstić information content (AvgIpc) is 3.35. The Kier molecular flexibility index (Phi) is 4.44. The van der Waals surface area contributed by atoms with Crippen LogP contribution < -0.4 is 0 Å². The van der Waals surface area contributed by atoms with Crippen LogP contribution in [0.4, 0.5) is 0 Å². The van der Waals surface area contributed by atoms with E-state index in [9.17, 15) is 13.2 Å². The summed E-state index contributed by atoms with van der Waals surface area (Å²) in [5.74, 6) is 0.0352. The van der Waals surface area contributed by atoms with Crippen LogP contribution in [-0.2, 0) is 14.8 Å². The van der Waals surface area contributed by atoms with E-state index in [2.05, 4.69) is 4.98 Å². The van der Waals surface area contributed by atoms with E-state index in [-0.39, 0.29) is 11.9 Å². The van der Waals surface area contributed by atoms with Crippen molar-refractivity contribution >= 4 is 26.7 Å². The van der Waals surface area contributed by atoms with Gasteiger partial charge in [-0.3, -0.25) is 9.78 Å². The molecule has 6 nitrogen and oxygen atoms in total. The highest BCUT2D eigenvalue weighted by molar-refractivity contribution is 7.89. The van der Waals surface area contributed by atoms with Crippen LogP contribution in [0.15, 0.2) is 41.6 Å². The zero-order chi connectivity index (χ0) is 18.3. The molecule has 1 aromatic carbocycles. The fraction of sp³-hybridized carbons (Fsp3) is 0.474. The average molecular weight is 373 g/mol. The van der Waals surface area contributed by atoms with Crippen molar-refractivity contribution in [3.63, 3.8) is 0 Å². The third kappa shape index (κ3) is 3.10. The minimum absolute atomic E-state index is 0.0352. The number of benzene rings is 1. The Labute approximate surface area is 153 Å². The second kappa shape index (κ2) is 6.63. The molecule has 0 N–H and O–H groups in total. The van der Waals surface area contributed by atoms with E-state index in [0.717, 1.165) is 31.1 Å². The summed E-state index contributed by atoms with van der Waals surface area (Å²) >= 11 is 0. The van der Waals surface area contributed by atoms with Crippen LogP contribution in [0.25, 0.3) is 10.8 Å². The summed E-state index contributed by atoms with van der Waals surface area (Å²) < 4.78 is 28.4. The van der Waals surface area contributed by atoms with Crippen LogP contribution in [0.5, 0.6) is 0 Å². The summed E-state index contributed by atoms with van der Waals surface area (Å²) in [5.41, 5.74) is 0. The Morgan fingerprint density at radius 1 is 1.27 bits per heavy atom. The van der Waals surface area contributed by atoms with Crippen molar-refractivity contribution in [2.75, 3.05) is 13.1 Å². The van der Waals surface area contributed by atoms with Gasteiger partial charge in [0.15, 0.2) is 0 Å². The molecule has 0 spiro atoms. The molecule has 0 bridgehead atoms. The van der Waals surface area contributed by atoms with Crippen LogP contribution in [0, 0.1) is 0 Å². The fourth-order valence-electron chi connectivity index (χ4n) is 3.90. The van der Waals surface area contributed by atoms with E-state index < -0.39 is 10.0 Å². The maximum atomic E-state index is 13.4. The number of nitrogens with zero attached hydrogens (tertiary/aromatic N) is 3. The quantitative estimate of drug-likeness (QED) is 0.807. The normalized spacial score (nSPS) is 21.2. The van der Waals surface area contributed by atoms with Crippen LogP contribution in [0.3, 0.4) is 0 Å². The minimum atomic E-state index is -3.62. The van der Waals surface area contributed by atoms with Gasteiger partial charge < -0.3 is 4.90 Å². The lowest BCUT2D eigenvalue weighted by molar-refractivity contribution is -0.129. The van der Waals surface area contributed by atoms with Crippen LogP contribution >= 0.6 is 0 Å². The second-order valence-electron chi connectivity index (χ2n) is 7.17. The molecule has 26 heavy (non-hydrogen) atoms. The van der Waals surface area contributed by atoms with Crippen molar-refractivity contribution in [2.45, 2.75) is 49.6 Å². The first-order valence-corrected chi connectivity index (χ1v) is 10.5. The number of carbonyl (C=O) groups is 1. The molecule has 138 valence electrons. The molecule has 2 aromatic rings. The minimum Gasteiger partial charge on any atom is -0.338 e. The van der Waals surface area contributed by atoms with Gasteiger partial charge in [-0.05, 0) is 37.8 Å². The fourth-order valence-corrected chi connectivity index (χ4v) is 5.80. The first-order chi connectivity index (χ1) is 12.5. The number of fused-ring (bicyclic) bond motifs is 1.